The SMILES string of the molecule is COc1ccc(/C=N/N2CCN(C3c4ccccc4-c4ccccc43)CC2)cc1. The molecule has 0 radical (unpaired) electrons. The summed E-state index contributed by atoms with van der Waals surface area (Å²) in [4.78, 5) is 2.60. The second-order valence-electron chi connectivity index (χ2n) is 7.58. The minimum Gasteiger partial charge on any atom is -0.497 e. The van der Waals surface area contributed by atoms with Gasteiger partial charge in [-0.2, -0.15) is 5.10 Å². The lowest BCUT2D eigenvalue weighted by Gasteiger charge is -2.37. The average molecular weight is 383 g/mol. The predicted molar refractivity (Wildman–Crippen MR) is 117 cm³/mol. The molecule has 3 aromatic carbocycles. The Labute approximate surface area is 172 Å². The molecule has 146 valence electrons. The fourth-order valence-corrected chi connectivity index (χ4v) is 4.45. The highest BCUT2D eigenvalue weighted by Crippen LogP contribution is 2.46. The van der Waals surface area contributed by atoms with Crippen LogP contribution in [-0.4, -0.2) is 49.4 Å². The zero-order chi connectivity index (χ0) is 19.6. The Hall–Kier alpha value is -3.11. The zero-order valence-electron chi connectivity index (χ0n) is 16.7. The largest absolute Gasteiger partial charge is 0.497 e. The van der Waals surface area contributed by atoms with Crippen molar-refractivity contribution in [3.63, 3.8) is 0 Å². The van der Waals surface area contributed by atoms with Crippen molar-refractivity contribution in [1.29, 1.82) is 0 Å². The van der Waals surface area contributed by atoms with Crippen LogP contribution in [0.3, 0.4) is 0 Å². The normalized spacial score (nSPS) is 16.8. The van der Waals surface area contributed by atoms with Crippen molar-refractivity contribution >= 4 is 6.21 Å². The molecule has 0 atom stereocenters. The van der Waals surface area contributed by atoms with Crippen LogP contribution in [-0.2, 0) is 0 Å². The van der Waals surface area contributed by atoms with E-state index in [1.807, 2.05) is 30.5 Å². The molecule has 1 aliphatic heterocycles. The molecule has 29 heavy (non-hydrogen) atoms. The number of hydrazone groups is 1. The highest BCUT2D eigenvalue weighted by molar-refractivity contribution is 5.79. The van der Waals surface area contributed by atoms with E-state index >= 15 is 0 Å². The van der Waals surface area contributed by atoms with E-state index in [0.29, 0.717) is 6.04 Å². The second-order valence-corrected chi connectivity index (χ2v) is 7.58. The third-order valence-corrected chi connectivity index (χ3v) is 5.94. The molecule has 0 aromatic heterocycles. The van der Waals surface area contributed by atoms with Crippen molar-refractivity contribution in [2.75, 3.05) is 33.3 Å². The molecular formula is C25H25N3O. The van der Waals surface area contributed by atoms with Crippen LogP contribution in [0.2, 0.25) is 0 Å². The number of methoxy groups -OCH3 is 1. The van der Waals surface area contributed by atoms with Gasteiger partial charge in [0.1, 0.15) is 5.75 Å². The maximum Gasteiger partial charge on any atom is 0.118 e. The van der Waals surface area contributed by atoms with E-state index in [4.69, 9.17) is 9.84 Å². The number of hydrogen-bond donors (Lipinski definition) is 0. The summed E-state index contributed by atoms with van der Waals surface area (Å²) < 4.78 is 5.21. The molecule has 1 saturated heterocycles. The summed E-state index contributed by atoms with van der Waals surface area (Å²) in [6, 6.07) is 26.0. The lowest BCUT2D eigenvalue weighted by molar-refractivity contribution is 0.114. The smallest absolute Gasteiger partial charge is 0.118 e. The molecule has 0 saturated carbocycles. The van der Waals surface area contributed by atoms with Gasteiger partial charge >= 0.3 is 0 Å². The lowest BCUT2D eigenvalue weighted by atomic mass is 10.0. The van der Waals surface area contributed by atoms with Crippen molar-refractivity contribution in [1.82, 2.24) is 9.91 Å². The first-order valence-corrected chi connectivity index (χ1v) is 10.2. The van der Waals surface area contributed by atoms with Crippen LogP contribution >= 0.6 is 0 Å². The van der Waals surface area contributed by atoms with Crippen LogP contribution < -0.4 is 4.74 Å². The number of benzene rings is 3. The third-order valence-electron chi connectivity index (χ3n) is 5.94. The number of rotatable bonds is 4. The van der Waals surface area contributed by atoms with Crippen LogP contribution in [0.4, 0.5) is 0 Å². The summed E-state index contributed by atoms with van der Waals surface area (Å²) in [5.74, 6) is 0.868. The van der Waals surface area contributed by atoms with Gasteiger partial charge in [-0.25, -0.2) is 0 Å². The van der Waals surface area contributed by atoms with Crippen molar-refractivity contribution in [3.8, 4) is 16.9 Å². The quantitative estimate of drug-likeness (QED) is 0.625. The number of nitrogens with zero attached hydrogens (tertiary/aromatic N) is 3. The molecule has 1 aliphatic carbocycles. The van der Waals surface area contributed by atoms with Gasteiger partial charge < -0.3 is 4.74 Å². The Bertz CT molecular complexity index is 975. The molecule has 5 rings (SSSR count). The first kappa shape index (κ1) is 18.0. The predicted octanol–water partition coefficient (Wildman–Crippen LogP) is 4.42. The fraction of sp³-hybridized carbons (Fsp3) is 0.240. The van der Waals surface area contributed by atoms with Crippen molar-refractivity contribution in [2.24, 2.45) is 5.10 Å². The van der Waals surface area contributed by atoms with Gasteiger partial charge in [-0.15, -0.1) is 0 Å². The zero-order valence-corrected chi connectivity index (χ0v) is 16.7. The molecule has 0 unspecified atom stereocenters. The van der Waals surface area contributed by atoms with Crippen LogP contribution in [0, 0.1) is 0 Å². The Morgan fingerprint density at radius 2 is 1.38 bits per heavy atom. The van der Waals surface area contributed by atoms with E-state index in [1.165, 1.54) is 22.3 Å². The topological polar surface area (TPSA) is 28.1 Å². The summed E-state index contributed by atoms with van der Waals surface area (Å²) in [6.45, 7) is 3.89. The minimum atomic E-state index is 0.357. The first-order valence-electron chi connectivity index (χ1n) is 10.2. The first-order chi connectivity index (χ1) is 14.3. The highest BCUT2D eigenvalue weighted by Gasteiger charge is 2.33. The summed E-state index contributed by atoms with van der Waals surface area (Å²) >= 11 is 0. The van der Waals surface area contributed by atoms with Crippen molar-refractivity contribution in [2.45, 2.75) is 6.04 Å². The molecule has 0 N–H and O–H groups in total. The Kier molecular flexibility index (Phi) is 4.78. The van der Waals surface area contributed by atoms with Gasteiger partial charge in [0, 0.05) is 26.2 Å². The van der Waals surface area contributed by atoms with Gasteiger partial charge in [0.25, 0.3) is 0 Å². The van der Waals surface area contributed by atoms with Gasteiger partial charge in [0.05, 0.1) is 19.4 Å². The van der Waals surface area contributed by atoms with Crippen LogP contribution in [0.15, 0.2) is 77.9 Å². The maximum absolute atomic E-state index is 5.21. The summed E-state index contributed by atoms with van der Waals surface area (Å²) in [5, 5.41) is 6.87. The average Bonchev–Trinajstić information content (AvgIpc) is 3.13. The number of piperazine rings is 1. The van der Waals surface area contributed by atoms with Crippen LogP contribution in [0.5, 0.6) is 5.75 Å². The van der Waals surface area contributed by atoms with Crippen molar-refractivity contribution in [3.05, 3.63) is 89.5 Å². The third kappa shape index (κ3) is 3.40. The number of hydrogen-bond acceptors (Lipinski definition) is 4. The molecule has 1 fully saturated rings. The maximum atomic E-state index is 5.21. The second kappa shape index (κ2) is 7.72. The molecule has 0 bridgehead atoms. The monoisotopic (exact) mass is 383 g/mol. The van der Waals surface area contributed by atoms with Crippen LogP contribution in [0.25, 0.3) is 11.1 Å². The standard InChI is InChI=1S/C25H25N3O/c1-29-20-12-10-19(11-13-20)18-26-28-16-14-27(15-17-28)25-23-8-4-2-6-21(23)22-7-3-5-9-24(22)25/h2-13,18,25H,14-17H2,1H3/b26-18+. The summed E-state index contributed by atoms with van der Waals surface area (Å²) in [7, 11) is 1.68. The molecule has 0 amide bonds. The van der Waals surface area contributed by atoms with E-state index in [9.17, 15) is 0 Å². The van der Waals surface area contributed by atoms with Crippen LogP contribution in [0.1, 0.15) is 22.7 Å². The van der Waals surface area contributed by atoms with Gasteiger partial charge in [0.2, 0.25) is 0 Å². The van der Waals surface area contributed by atoms with Crippen molar-refractivity contribution < 1.29 is 4.74 Å². The fourth-order valence-electron chi connectivity index (χ4n) is 4.45. The van der Waals surface area contributed by atoms with Gasteiger partial charge in [-0.05, 0) is 52.1 Å². The molecule has 3 aromatic rings. The van der Waals surface area contributed by atoms with Gasteiger partial charge in [0.15, 0.2) is 0 Å². The molecule has 2 aliphatic rings. The van der Waals surface area contributed by atoms with E-state index in [1.54, 1.807) is 7.11 Å². The van der Waals surface area contributed by atoms with E-state index in [-0.39, 0.29) is 0 Å². The Balaban J connectivity index is 1.29. The van der Waals surface area contributed by atoms with E-state index < -0.39 is 0 Å². The molecule has 0 spiro atoms. The number of ether oxygens (including phenoxy) is 1. The highest BCUT2D eigenvalue weighted by atomic mass is 16.5. The lowest BCUT2D eigenvalue weighted by Crippen LogP contribution is -2.45. The van der Waals surface area contributed by atoms with Gasteiger partial charge in [-0.3, -0.25) is 9.91 Å². The summed E-state index contributed by atoms with van der Waals surface area (Å²) in [6.07, 6.45) is 1.94. The molecular weight excluding hydrogens is 358 g/mol. The summed E-state index contributed by atoms with van der Waals surface area (Å²) in [5.41, 5.74) is 6.72. The Morgan fingerprint density at radius 1 is 0.793 bits per heavy atom. The van der Waals surface area contributed by atoms with Gasteiger partial charge in [-0.1, -0.05) is 48.5 Å². The molecule has 1 heterocycles. The Morgan fingerprint density at radius 3 is 1.97 bits per heavy atom. The number of fused-ring (bicyclic) bond motifs is 3. The van der Waals surface area contributed by atoms with E-state index in [0.717, 1.165) is 37.5 Å². The molecule has 4 nitrogen and oxygen atoms in total. The van der Waals surface area contributed by atoms with E-state index in [2.05, 4.69) is 58.4 Å². The minimum absolute atomic E-state index is 0.357. The molecule has 4 heteroatoms.